The molecule has 0 spiro atoms. The third-order valence-corrected chi connectivity index (χ3v) is 2.50. The zero-order chi connectivity index (χ0) is 11.7. The fourth-order valence-corrected chi connectivity index (χ4v) is 1.70. The summed E-state index contributed by atoms with van der Waals surface area (Å²) in [6, 6.07) is 10.2. The molecule has 3 nitrogen and oxygen atoms in total. The van der Waals surface area contributed by atoms with Crippen molar-refractivity contribution in [2.45, 2.75) is 0 Å². The third kappa shape index (κ3) is 1.73. The number of halogens is 1. The van der Waals surface area contributed by atoms with Crippen LogP contribution in [0.3, 0.4) is 0 Å². The molecule has 0 aliphatic carbocycles. The standard InChI is InChI=1S/C13H9FN2O/c14-11-9-10(13-3-1-8-17-13)4-5-12(11)16-7-2-6-15-16/h1-9H. The Morgan fingerprint density at radius 3 is 2.76 bits per heavy atom. The zero-order valence-electron chi connectivity index (χ0n) is 8.88. The molecule has 4 heteroatoms. The Labute approximate surface area is 97.1 Å². The number of hydrogen-bond donors (Lipinski definition) is 0. The molecular formula is C13H9FN2O. The molecule has 0 unspecified atom stereocenters. The number of nitrogens with zero attached hydrogens (tertiary/aromatic N) is 2. The predicted octanol–water partition coefficient (Wildman–Crippen LogP) is 3.27. The molecule has 0 fully saturated rings. The highest BCUT2D eigenvalue weighted by Crippen LogP contribution is 2.23. The molecule has 0 atom stereocenters. The molecule has 0 radical (unpaired) electrons. The first-order valence-corrected chi connectivity index (χ1v) is 5.18. The maximum absolute atomic E-state index is 13.9. The molecule has 0 N–H and O–H groups in total. The van der Waals surface area contributed by atoms with Crippen molar-refractivity contribution in [2.75, 3.05) is 0 Å². The predicted molar refractivity (Wildman–Crippen MR) is 61.2 cm³/mol. The van der Waals surface area contributed by atoms with Crippen LogP contribution in [0.2, 0.25) is 0 Å². The highest BCUT2D eigenvalue weighted by Gasteiger charge is 2.08. The highest BCUT2D eigenvalue weighted by molar-refractivity contribution is 5.59. The Balaban J connectivity index is 2.06. The van der Waals surface area contributed by atoms with Crippen molar-refractivity contribution >= 4 is 0 Å². The van der Waals surface area contributed by atoms with Gasteiger partial charge in [-0.25, -0.2) is 9.07 Å². The largest absolute Gasteiger partial charge is 0.464 e. The molecule has 3 aromatic rings. The van der Waals surface area contributed by atoms with Crippen LogP contribution in [0.1, 0.15) is 0 Å². The van der Waals surface area contributed by atoms with Crippen LogP contribution in [0.4, 0.5) is 4.39 Å². The fraction of sp³-hybridized carbons (Fsp3) is 0. The second-order valence-electron chi connectivity index (χ2n) is 3.59. The first-order chi connectivity index (χ1) is 8.34. The average molecular weight is 228 g/mol. The van der Waals surface area contributed by atoms with Gasteiger partial charge >= 0.3 is 0 Å². The van der Waals surface area contributed by atoms with E-state index in [4.69, 9.17) is 4.42 Å². The molecule has 3 rings (SSSR count). The second kappa shape index (κ2) is 3.90. The first kappa shape index (κ1) is 9.84. The lowest BCUT2D eigenvalue weighted by molar-refractivity contribution is 0.579. The van der Waals surface area contributed by atoms with Crippen LogP contribution in [0.15, 0.2) is 59.5 Å². The normalized spacial score (nSPS) is 10.6. The summed E-state index contributed by atoms with van der Waals surface area (Å²) in [7, 11) is 0. The summed E-state index contributed by atoms with van der Waals surface area (Å²) in [6.45, 7) is 0. The van der Waals surface area contributed by atoms with E-state index < -0.39 is 0 Å². The van der Waals surface area contributed by atoms with Gasteiger partial charge in [-0.05, 0) is 36.4 Å². The topological polar surface area (TPSA) is 31.0 Å². The number of aromatic nitrogens is 2. The molecule has 2 aromatic heterocycles. The number of hydrogen-bond acceptors (Lipinski definition) is 2. The van der Waals surface area contributed by atoms with Gasteiger partial charge in [0.25, 0.3) is 0 Å². The van der Waals surface area contributed by atoms with Gasteiger partial charge in [-0.15, -0.1) is 0 Å². The quantitative estimate of drug-likeness (QED) is 0.674. The molecule has 0 bridgehead atoms. The van der Waals surface area contributed by atoms with Gasteiger partial charge in [0.1, 0.15) is 17.3 Å². The zero-order valence-corrected chi connectivity index (χ0v) is 8.88. The Kier molecular flexibility index (Phi) is 2.26. The minimum atomic E-state index is -0.331. The van der Waals surface area contributed by atoms with E-state index in [1.54, 1.807) is 49.0 Å². The van der Waals surface area contributed by atoms with Gasteiger partial charge in [-0.1, -0.05) is 0 Å². The number of rotatable bonds is 2. The summed E-state index contributed by atoms with van der Waals surface area (Å²) in [5.41, 5.74) is 1.13. The van der Waals surface area contributed by atoms with Gasteiger partial charge in [0.15, 0.2) is 0 Å². The van der Waals surface area contributed by atoms with Crippen LogP contribution in [0.5, 0.6) is 0 Å². The Morgan fingerprint density at radius 2 is 2.12 bits per heavy atom. The third-order valence-electron chi connectivity index (χ3n) is 2.50. The molecular weight excluding hydrogens is 219 g/mol. The molecule has 0 aliphatic rings. The summed E-state index contributed by atoms with van der Waals surface area (Å²) >= 11 is 0. The van der Waals surface area contributed by atoms with E-state index in [0.29, 0.717) is 17.0 Å². The summed E-state index contributed by atoms with van der Waals surface area (Å²) in [4.78, 5) is 0. The molecule has 1 aromatic carbocycles. The molecule has 0 saturated heterocycles. The van der Waals surface area contributed by atoms with Gasteiger partial charge in [-0.3, -0.25) is 0 Å². The fourth-order valence-electron chi connectivity index (χ4n) is 1.70. The number of furan rings is 1. The van der Waals surface area contributed by atoms with Crippen molar-refractivity contribution in [3.63, 3.8) is 0 Å². The van der Waals surface area contributed by atoms with E-state index in [0.717, 1.165) is 0 Å². The van der Waals surface area contributed by atoms with E-state index in [1.807, 2.05) is 0 Å². The molecule has 0 aliphatic heterocycles. The van der Waals surface area contributed by atoms with Gasteiger partial charge in [-0.2, -0.15) is 5.10 Å². The van der Waals surface area contributed by atoms with Crippen molar-refractivity contribution in [1.29, 1.82) is 0 Å². The summed E-state index contributed by atoms with van der Waals surface area (Å²) < 4.78 is 20.6. The minimum absolute atomic E-state index is 0.331. The highest BCUT2D eigenvalue weighted by atomic mass is 19.1. The molecule has 0 saturated carbocycles. The lowest BCUT2D eigenvalue weighted by atomic mass is 10.1. The molecule has 2 heterocycles. The molecule has 17 heavy (non-hydrogen) atoms. The van der Waals surface area contributed by atoms with Gasteiger partial charge in [0, 0.05) is 18.0 Å². The van der Waals surface area contributed by atoms with Crippen molar-refractivity contribution in [2.24, 2.45) is 0 Å². The van der Waals surface area contributed by atoms with Gasteiger partial charge in [0.05, 0.1) is 6.26 Å². The first-order valence-electron chi connectivity index (χ1n) is 5.18. The van der Waals surface area contributed by atoms with Crippen LogP contribution in [-0.4, -0.2) is 9.78 Å². The lowest BCUT2D eigenvalue weighted by Crippen LogP contribution is -1.97. The molecule has 84 valence electrons. The van der Waals surface area contributed by atoms with Crippen molar-refractivity contribution in [1.82, 2.24) is 9.78 Å². The van der Waals surface area contributed by atoms with Gasteiger partial charge < -0.3 is 4.42 Å². The smallest absolute Gasteiger partial charge is 0.149 e. The SMILES string of the molecule is Fc1cc(-c2ccco2)ccc1-n1cccn1. The minimum Gasteiger partial charge on any atom is -0.464 e. The summed E-state index contributed by atoms with van der Waals surface area (Å²) in [5, 5.41) is 3.99. The van der Waals surface area contributed by atoms with Crippen molar-refractivity contribution in [3.8, 4) is 17.0 Å². The second-order valence-corrected chi connectivity index (χ2v) is 3.59. The Morgan fingerprint density at radius 1 is 1.18 bits per heavy atom. The van der Waals surface area contributed by atoms with E-state index in [2.05, 4.69) is 5.10 Å². The van der Waals surface area contributed by atoms with E-state index in [1.165, 1.54) is 10.7 Å². The maximum Gasteiger partial charge on any atom is 0.149 e. The van der Waals surface area contributed by atoms with Crippen molar-refractivity contribution in [3.05, 3.63) is 60.9 Å². The van der Waals surface area contributed by atoms with Crippen LogP contribution in [-0.2, 0) is 0 Å². The van der Waals surface area contributed by atoms with Crippen LogP contribution in [0, 0.1) is 5.82 Å². The van der Waals surface area contributed by atoms with E-state index in [9.17, 15) is 4.39 Å². The molecule has 0 amide bonds. The summed E-state index contributed by atoms with van der Waals surface area (Å²) in [5.74, 6) is 0.318. The Hall–Kier alpha value is -2.36. The number of benzene rings is 1. The van der Waals surface area contributed by atoms with Crippen LogP contribution in [0.25, 0.3) is 17.0 Å². The maximum atomic E-state index is 13.9. The van der Waals surface area contributed by atoms with Crippen LogP contribution >= 0.6 is 0 Å². The van der Waals surface area contributed by atoms with Crippen molar-refractivity contribution < 1.29 is 8.81 Å². The monoisotopic (exact) mass is 228 g/mol. The summed E-state index contributed by atoms with van der Waals surface area (Å²) in [6.07, 6.45) is 4.87. The van der Waals surface area contributed by atoms with Gasteiger partial charge in [0.2, 0.25) is 0 Å². The Bertz CT molecular complexity index is 615. The van der Waals surface area contributed by atoms with Crippen LogP contribution < -0.4 is 0 Å². The van der Waals surface area contributed by atoms with E-state index >= 15 is 0 Å². The lowest BCUT2D eigenvalue weighted by Gasteiger charge is -2.04. The van der Waals surface area contributed by atoms with E-state index in [-0.39, 0.29) is 5.82 Å². The average Bonchev–Trinajstić information content (AvgIpc) is 3.02.